The average Bonchev–Trinajstić information content (AvgIpc) is 2.51. The van der Waals surface area contributed by atoms with E-state index in [1.807, 2.05) is 26.0 Å². The first-order valence-electron chi connectivity index (χ1n) is 8.41. The lowest BCUT2D eigenvalue weighted by atomic mass is 9.86. The Morgan fingerprint density at radius 3 is 2.65 bits per heavy atom. The quantitative estimate of drug-likeness (QED) is 0.744. The van der Waals surface area contributed by atoms with Crippen LogP contribution in [0.4, 0.5) is 5.69 Å². The van der Waals surface area contributed by atoms with Crippen molar-refractivity contribution >= 4 is 23.2 Å². The maximum Gasteiger partial charge on any atom is 0.225 e. The monoisotopic (exact) mass is 338 g/mol. The van der Waals surface area contributed by atoms with Crippen molar-refractivity contribution < 1.29 is 9.90 Å². The summed E-state index contributed by atoms with van der Waals surface area (Å²) in [5.74, 6) is 0.451. The normalized spacial score (nSPS) is 22.6. The van der Waals surface area contributed by atoms with E-state index >= 15 is 0 Å². The fourth-order valence-electron chi connectivity index (χ4n) is 3.13. The standard InChI is InChI=1S/C18H27ClN2O2/c1-12-3-6-16(10-17(12)19)21-18(23)9-13(2)20-15-7-4-14(11-22)5-8-15/h3,6,10,13-15,20,22H,4-5,7-9,11H2,1-2H3,(H,21,23). The molecule has 1 amide bonds. The van der Waals surface area contributed by atoms with Gasteiger partial charge in [0.1, 0.15) is 0 Å². The summed E-state index contributed by atoms with van der Waals surface area (Å²) in [6.45, 7) is 4.27. The van der Waals surface area contributed by atoms with Gasteiger partial charge >= 0.3 is 0 Å². The average molecular weight is 339 g/mol. The number of halogens is 1. The number of benzene rings is 1. The molecule has 1 aliphatic carbocycles. The van der Waals surface area contributed by atoms with Crippen molar-refractivity contribution in [1.29, 1.82) is 0 Å². The van der Waals surface area contributed by atoms with Gasteiger partial charge in [-0.3, -0.25) is 4.79 Å². The summed E-state index contributed by atoms with van der Waals surface area (Å²) in [6, 6.07) is 6.14. The third kappa shape index (κ3) is 5.79. The van der Waals surface area contributed by atoms with Crippen molar-refractivity contribution in [2.45, 2.75) is 58.0 Å². The molecule has 0 bridgehead atoms. The molecule has 1 atom stereocenters. The van der Waals surface area contributed by atoms with Crippen LogP contribution in [0.25, 0.3) is 0 Å². The van der Waals surface area contributed by atoms with Gasteiger partial charge in [0.05, 0.1) is 0 Å². The third-order valence-electron chi connectivity index (χ3n) is 4.57. The Morgan fingerprint density at radius 1 is 1.35 bits per heavy atom. The van der Waals surface area contributed by atoms with Crippen LogP contribution in [-0.2, 0) is 4.79 Å². The number of carbonyl (C=O) groups is 1. The fourth-order valence-corrected chi connectivity index (χ4v) is 3.31. The smallest absolute Gasteiger partial charge is 0.225 e. The van der Waals surface area contributed by atoms with Crippen LogP contribution >= 0.6 is 11.6 Å². The van der Waals surface area contributed by atoms with Gasteiger partial charge in [0.2, 0.25) is 5.91 Å². The lowest BCUT2D eigenvalue weighted by Crippen LogP contribution is -2.41. The van der Waals surface area contributed by atoms with Gasteiger partial charge in [-0.1, -0.05) is 17.7 Å². The maximum atomic E-state index is 12.1. The van der Waals surface area contributed by atoms with E-state index in [1.165, 1.54) is 0 Å². The Hall–Kier alpha value is -1.10. The molecular formula is C18H27ClN2O2. The van der Waals surface area contributed by atoms with E-state index in [0.29, 0.717) is 30.0 Å². The van der Waals surface area contributed by atoms with Gasteiger partial charge in [0.15, 0.2) is 0 Å². The zero-order chi connectivity index (χ0) is 16.8. The van der Waals surface area contributed by atoms with Gasteiger partial charge < -0.3 is 15.7 Å². The summed E-state index contributed by atoms with van der Waals surface area (Å²) < 4.78 is 0. The summed E-state index contributed by atoms with van der Waals surface area (Å²) in [6.07, 6.45) is 4.71. The molecule has 1 unspecified atom stereocenters. The molecule has 0 heterocycles. The highest BCUT2D eigenvalue weighted by atomic mass is 35.5. The second kappa shape index (κ2) is 8.67. The highest BCUT2D eigenvalue weighted by Crippen LogP contribution is 2.24. The van der Waals surface area contributed by atoms with Gasteiger partial charge in [-0.15, -0.1) is 0 Å². The molecule has 128 valence electrons. The Morgan fingerprint density at radius 2 is 2.04 bits per heavy atom. The van der Waals surface area contributed by atoms with Crippen LogP contribution < -0.4 is 10.6 Å². The number of anilines is 1. The molecule has 1 saturated carbocycles. The first kappa shape index (κ1) is 18.2. The molecule has 0 spiro atoms. The summed E-state index contributed by atoms with van der Waals surface area (Å²) in [5.41, 5.74) is 1.74. The number of hydrogen-bond donors (Lipinski definition) is 3. The van der Waals surface area contributed by atoms with E-state index in [2.05, 4.69) is 10.6 Å². The number of rotatable bonds is 6. The summed E-state index contributed by atoms with van der Waals surface area (Å²) >= 11 is 6.07. The Kier molecular flexibility index (Phi) is 6.88. The first-order chi connectivity index (χ1) is 11.0. The highest BCUT2D eigenvalue weighted by molar-refractivity contribution is 6.31. The lowest BCUT2D eigenvalue weighted by molar-refractivity contribution is -0.116. The molecule has 0 saturated heterocycles. The van der Waals surface area contributed by atoms with E-state index in [1.54, 1.807) is 6.07 Å². The lowest BCUT2D eigenvalue weighted by Gasteiger charge is -2.30. The zero-order valence-corrected chi connectivity index (χ0v) is 14.7. The molecule has 1 aliphatic rings. The molecular weight excluding hydrogens is 312 g/mol. The van der Waals surface area contributed by atoms with Crippen LogP contribution in [0.1, 0.15) is 44.6 Å². The number of nitrogens with one attached hydrogen (secondary N) is 2. The molecule has 1 fully saturated rings. The molecule has 0 aliphatic heterocycles. The Labute approximate surface area is 143 Å². The molecule has 2 rings (SSSR count). The molecule has 0 radical (unpaired) electrons. The van der Waals surface area contributed by atoms with E-state index in [-0.39, 0.29) is 11.9 Å². The number of amides is 1. The Balaban J connectivity index is 1.75. The maximum absolute atomic E-state index is 12.1. The van der Waals surface area contributed by atoms with Crippen molar-refractivity contribution in [2.24, 2.45) is 5.92 Å². The van der Waals surface area contributed by atoms with Gasteiger partial charge in [0, 0.05) is 35.8 Å². The van der Waals surface area contributed by atoms with E-state index < -0.39 is 0 Å². The summed E-state index contributed by atoms with van der Waals surface area (Å²) in [5, 5.41) is 16.3. The van der Waals surface area contributed by atoms with Crippen molar-refractivity contribution in [3.63, 3.8) is 0 Å². The first-order valence-corrected chi connectivity index (χ1v) is 8.78. The topological polar surface area (TPSA) is 61.4 Å². The van der Waals surface area contributed by atoms with Gasteiger partial charge in [-0.05, 0) is 63.1 Å². The SMILES string of the molecule is Cc1ccc(NC(=O)CC(C)NC2CCC(CO)CC2)cc1Cl. The van der Waals surface area contributed by atoms with E-state index in [4.69, 9.17) is 11.6 Å². The third-order valence-corrected chi connectivity index (χ3v) is 4.98. The van der Waals surface area contributed by atoms with E-state index in [0.717, 1.165) is 36.9 Å². The van der Waals surface area contributed by atoms with Crippen LogP contribution in [0.15, 0.2) is 18.2 Å². The second-order valence-electron chi connectivity index (χ2n) is 6.68. The minimum Gasteiger partial charge on any atom is -0.396 e. The largest absolute Gasteiger partial charge is 0.396 e. The van der Waals surface area contributed by atoms with Crippen LogP contribution in [-0.4, -0.2) is 29.7 Å². The number of aliphatic hydroxyl groups excluding tert-OH is 1. The molecule has 4 nitrogen and oxygen atoms in total. The van der Waals surface area contributed by atoms with E-state index in [9.17, 15) is 9.90 Å². The summed E-state index contributed by atoms with van der Waals surface area (Å²) in [7, 11) is 0. The minimum atomic E-state index is -0.00559. The number of hydrogen-bond acceptors (Lipinski definition) is 3. The van der Waals surface area contributed by atoms with Gasteiger partial charge in [-0.25, -0.2) is 0 Å². The summed E-state index contributed by atoms with van der Waals surface area (Å²) in [4.78, 5) is 12.1. The van der Waals surface area contributed by atoms with Crippen molar-refractivity contribution in [3.05, 3.63) is 28.8 Å². The highest BCUT2D eigenvalue weighted by Gasteiger charge is 2.22. The van der Waals surface area contributed by atoms with Crippen LogP contribution in [0.3, 0.4) is 0 Å². The predicted molar refractivity (Wildman–Crippen MR) is 94.9 cm³/mol. The van der Waals surface area contributed by atoms with Crippen LogP contribution in [0, 0.1) is 12.8 Å². The van der Waals surface area contributed by atoms with Crippen LogP contribution in [0.5, 0.6) is 0 Å². The molecule has 5 heteroatoms. The van der Waals surface area contributed by atoms with Gasteiger partial charge in [0.25, 0.3) is 0 Å². The van der Waals surface area contributed by atoms with Crippen molar-refractivity contribution in [3.8, 4) is 0 Å². The molecule has 1 aromatic rings. The zero-order valence-electron chi connectivity index (χ0n) is 13.9. The fraction of sp³-hybridized carbons (Fsp3) is 0.611. The minimum absolute atomic E-state index is 0.00559. The predicted octanol–water partition coefficient (Wildman–Crippen LogP) is 3.51. The van der Waals surface area contributed by atoms with Gasteiger partial charge in [-0.2, -0.15) is 0 Å². The molecule has 23 heavy (non-hydrogen) atoms. The second-order valence-corrected chi connectivity index (χ2v) is 7.09. The molecule has 3 N–H and O–H groups in total. The number of aliphatic hydroxyl groups is 1. The molecule has 1 aromatic carbocycles. The number of carbonyl (C=O) groups excluding carboxylic acids is 1. The van der Waals surface area contributed by atoms with Crippen molar-refractivity contribution in [2.75, 3.05) is 11.9 Å². The Bertz CT molecular complexity index is 528. The number of aryl methyl sites for hydroxylation is 1. The van der Waals surface area contributed by atoms with Crippen molar-refractivity contribution in [1.82, 2.24) is 5.32 Å². The molecule has 0 aromatic heterocycles. The van der Waals surface area contributed by atoms with Crippen LogP contribution in [0.2, 0.25) is 5.02 Å².